The van der Waals surface area contributed by atoms with Crippen LogP contribution in [0.5, 0.6) is 5.75 Å². The van der Waals surface area contributed by atoms with Crippen LogP contribution < -0.4 is 15.3 Å². The number of hydrogen-bond donors (Lipinski definition) is 0. The highest BCUT2D eigenvalue weighted by atomic mass is 16.5. The first-order valence-electron chi connectivity index (χ1n) is 9.25. The van der Waals surface area contributed by atoms with E-state index in [0.29, 0.717) is 16.7 Å². The average Bonchev–Trinajstić information content (AvgIpc) is 2.73. The number of methoxy groups -OCH3 is 1. The van der Waals surface area contributed by atoms with E-state index in [4.69, 9.17) is 9.15 Å². The summed E-state index contributed by atoms with van der Waals surface area (Å²) in [6, 6.07) is 14.7. The zero-order valence-corrected chi connectivity index (χ0v) is 16.3. The standard InChI is InChI=1S/C23H23NO4/c1-4-24(5-2)18-12-9-16(10-13-18)11-14-20(25)19-15-17-7-6-8-21(27-3)22(17)28-23(19)26/h6-15H,4-5H2,1-3H3/b14-11+. The highest BCUT2D eigenvalue weighted by Gasteiger charge is 2.13. The van der Waals surface area contributed by atoms with Crippen LogP contribution in [0.4, 0.5) is 5.69 Å². The zero-order chi connectivity index (χ0) is 20.1. The molecule has 1 heterocycles. The van der Waals surface area contributed by atoms with Gasteiger partial charge in [-0.05, 0) is 49.8 Å². The van der Waals surface area contributed by atoms with Gasteiger partial charge in [0.15, 0.2) is 17.1 Å². The Morgan fingerprint density at radius 3 is 2.46 bits per heavy atom. The summed E-state index contributed by atoms with van der Waals surface area (Å²) in [6.45, 7) is 6.10. The van der Waals surface area contributed by atoms with E-state index in [-0.39, 0.29) is 5.56 Å². The number of benzene rings is 2. The molecule has 0 amide bonds. The van der Waals surface area contributed by atoms with Crippen molar-refractivity contribution < 1.29 is 13.9 Å². The van der Waals surface area contributed by atoms with Crippen molar-refractivity contribution in [2.45, 2.75) is 13.8 Å². The summed E-state index contributed by atoms with van der Waals surface area (Å²) < 4.78 is 10.5. The molecule has 0 atom stereocenters. The molecule has 0 aliphatic carbocycles. The quantitative estimate of drug-likeness (QED) is 0.344. The maximum absolute atomic E-state index is 12.5. The monoisotopic (exact) mass is 377 g/mol. The number of para-hydroxylation sites is 1. The number of carbonyl (C=O) groups excluding carboxylic acids is 1. The lowest BCUT2D eigenvalue weighted by atomic mass is 10.1. The third-order valence-electron chi connectivity index (χ3n) is 4.66. The lowest BCUT2D eigenvalue weighted by Gasteiger charge is -2.20. The van der Waals surface area contributed by atoms with Crippen molar-refractivity contribution in [2.75, 3.05) is 25.1 Å². The van der Waals surface area contributed by atoms with Crippen LogP contribution in [-0.2, 0) is 0 Å². The average molecular weight is 377 g/mol. The van der Waals surface area contributed by atoms with Crippen molar-refractivity contribution in [3.8, 4) is 5.75 Å². The first-order chi connectivity index (χ1) is 13.6. The molecule has 144 valence electrons. The van der Waals surface area contributed by atoms with E-state index in [9.17, 15) is 9.59 Å². The number of ether oxygens (including phenoxy) is 1. The molecule has 0 N–H and O–H groups in total. The molecule has 3 rings (SSSR count). The summed E-state index contributed by atoms with van der Waals surface area (Å²) in [4.78, 5) is 27.0. The van der Waals surface area contributed by atoms with Gasteiger partial charge in [-0.3, -0.25) is 4.79 Å². The van der Waals surface area contributed by atoms with Crippen LogP contribution in [0, 0.1) is 0 Å². The normalized spacial score (nSPS) is 11.1. The minimum Gasteiger partial charge on any atom is -0.493 e. The number of fused-ring (bicyclic) bond motifs is 1. The highest BCUT2D eigenvalue weighted by Crippen LogP contribution is 2.24. The van der Waals surface area contributed by atoms with E-state index in [1.54, 1.807) is 30.3 Å². The summed E-state index contributed by atoms with van der Waals surface area (Å²) in [5.74, 6) is 0.0590. The lowest BCUT2D eigenvalue weighted by molar-refractivity contribution is 0.104. The second-order valence-corrected chi connectivity index (χ2v) is 6.29. The van der Waals surface area contributed by atoms with Crippen LogP contribution in [0.1, 0.15) is 29.8 Å². The summed E-state index contributed by atoms with van der Waals surface area (Å²) in [5, 5.41) is 0.638. The second kappa shape index (κ2) is 8.57. The van der Waals surface area contributed by atoms with Gasteiger partial charge < -0.3 is 14.1 Å². The predicted octanol–water partition coefficient (Wildman–Crippen LogP) is 4.54. The van der Waals surface area contributed by atoms with Gasteiger partial charge in [-0.2, -0.15) is 0 Å². The summed E-state index contributed by atoms with van der Waals surface area (Å²) in [6.07, 6.45) is 3.09. The molecule has 0 fully saturated rings. The van der Waals surface area contributed by atoms with Crippen molar-refractivity contribution in [2.24, 2.45) is 0 Å². The smallest absolute Gasteiger partial charge is 0.347 e. The minimum atomic E-state index is -0.677. The molecular weight excluding hydrogens is 354 g/mol. The van der Waals surface area contributed by atoms with Crippen LogP contribution in [0.15, 0.2) is 63.8 Å². The van der Waals surface area contributed by atoms with E-state index in [2.05, 4.69) is 18.7 Å². The molecule has 0 saturated carbocycles. The molecule has 0 radical (unpaired) electrons. The van der Waals surface area contributed by atoms with E-state index < -0.39 is 11.4 Å². The molecule has 0 saturated heterocycles. The van der Waals surface area contributed by atoms with Gasteiger partial charge in [-0.15, -0.1) is 0 Å². The SMILES string of the molecule is CCN(CC)c1ccc(/C=C/C(=O)c2cc3cccc(OC)c3oc2=O)cc1. The molecule has 1 aromatic heterocycles. The van der Waals surface area contributed by atoms with Crippen molar-refractivity contribution in [1.82, 2.24) is 0 Å². The van der Waals surface area contributed by atoms with Gasteiger partial charge in [0.2, 0.25) is 0 Å². The fourth-order valence-corrected chi connectivity index (χ4v) is 3.10. The van der Waals surface area contributed by atoms with Gasteiger partial charge in [0.05, 0.1) is 7.11 Å². The molecule has 0 aliphatic heterocycles. The Bertz CT molecular complexity index is 1060. The topological polar surface area (TPSA) is 59.8 Å². The van der Waals surface area contributed by atoms with Crippen LogP contribution in [-0.4, -0.2) is 26.0 Å². The third-order valence-corrected chi connectivity index (χ3v) is 4.66. The number of carbonyl (C=O) groups is 1. The number of nitrogens with zero attached hydrogens (tertiary/aromatic N) is 1. The van der Waals surface area contributed by atoms with Gasteiger partial charge >= 0.3 is 5.63 Å². The van der Waals surface area contributed by atoms with Gasteiger partial charge in [0.25, 0.3) is 0 Å². The molecule has 5 nitrogen and oxygen atoms in total. The molecule has 0 spiro atoms. The summed E-state index contributed by atoms with van der Waals surface area (Å²) >= 11 is 0. The Labute approximate surface area is 163 Å². The van der Waals surface area contributed by atoms with E-state index in [1.807, 2.05) is 24.3 Å². The molecule has 0 bridgehead atoms. The van der Waals surface area contributed by atoms with Crippen molar-refractivity contribution in [3.63, 3.8) is 0 Å². The number of ketones is 1. The van der Waals surface area contributed by atoms with Crippen molar-refractivity contribution in [1.29, 1.82) is 0 Å². The van der Waals surface area contributed by atoms with E-state index in [0.717, 1.165) is 24.3 Å². The maximum atomic E-state index is 12.5. The van der Waals surface area contributed by atoms with Crippen LogP contribution >= 0.6 is 0 Å². The molecule has 28 heavy (non-hydrogen) atoms. The number of allylic oxidation sites excluding steroid dienone is 1. The molecule has 0 aliphatic rings. The summed E-state index contributed by atoms with van der Waals surface area (Å²) in [5.41, 5.74) is 1.68. The predicted molar refractivity (Wildman–Crippen MR) is 112 cm³/mol. The fourth-order valence-electron chi connectivity index (χ4n) is 3.10. The first kappa shape index (κ1) is 19.4. The van der Waals surface area contributed by atoms with Gasteiger partial charge in [-0.25, -0.2) is 4.79 Å². The lowest BCUT2D eigenvalue weighted by Crippen LogP contribution is -2.21. The molecule has 2 aromatic carbocycles. The van der Waals surface area contributed by atoms with Gasteiger partial charge in [0.1, 0.15) is 5.56 Å². The largest absolute Gasteiger partial charge is 0.493 e. The summed E-state index contributed by atoms with van der Waals surface area (Å²) in [7, 11) is 1.50. The Balaban J connectivity index is 1.84. The maximum Gasteiger partial charge on any atom is 0.347 e. The van der Waals surface area contributed by atoms with Crippen molar-refractivity contribution in [3.05, 3.63) is 76.2 Å². The second-order valence-electron chi connectivity index (χ2n) is 6.29. The third kappa shape index (κ3) is 3.98. The number of hydrogen-bond acceptors (Lipinski definition) is 5. The number of anilines is 1. The van der Waals surface area contributed by atoms with Crippen molar-refractivity contribution >= 4 is 28.5 Å². The Kier molecular flexibility index (Phi) is 5.94. The van der Waals surface area contributed by atoms with E-state index in [1.165, 1.54) is 13.2 Å². The molecule has 0 unspecified atom stereocenters. The zero-order valence-electron chi connectivity index (χ0n) is 16.3. The van der Waals surface area contributed by atoms with Gasteiger partial charge in [0, 0.05) is 24.2 Å². The van der Waals surface area contributed by atoms with Crippen LogP contribution in [0.3, 0.4) is 0 Å². The Hall–Kier alpha value is -3.34. The fraction of sp³-hybridized carbons (Fsp3) is 0.217. The Morgan fingerprint density at radius 2 is 1.82 bits per heavy atom. The minimum absolute atomic E-state index is 0.00300. The van der Waals surface area contributed by atoms with E-state index >= 15 is 0 Å². The molecule has 3 aromatic rings. The number of rotatable bonds is 7. The molecular formula is C23H23NO4. The van der Waals surface area contributed by atoms with Crippen LogP contribution in [0.2, 0.25) is 0 Å². The highest BCUT2D eigenvalue weighted by molar-refractivity contribution is 6.08. The van der Waals surface area contributed by atoms with Gasteiger partial charge in [-0.1, -0.05) is 30.3 Å². The first-order valence-corrected chi connectivity index (χ1v) is 9.25. The molecule has 5 heteroatoms. The van der Waals surface area contributed by atoms with Crippen LogP contribution in [0.25, 0.3) is 17.0 Å². The Morgan fingerprint density at radius 1 is 1.11 bits per heavy atom.